The first-order valence-electron chi connectivity index (χ1n) is 9.47. The van der Waals surface area contributed by atoms with Gasteiger partial charge >= 0.3 is 7.60 Å². The predicted octanol–water partition coefficient (Wildman–Crippen LogP) is 6.78. The van der Waals surface area contributed by atoms with Gasteiger partial charge in [-0.05, 0) is 59.7 Å². The van der Waals surface area contributed by atoms with Gasteiger partial charge < -0.3 is 14.4 Å². The minimum atomic E-state index is -4.26. The maximum atomic E-state index is 11.5. The fraction of sp³-hybridized carbons (Fsp3) is 0. The SMILES string of the molecule is O=P(O)(O)c1ccc(-c2cccc(-n3c4cc(Br)ccc4c4ccc(Br)cc43)c2)cc1. The smallest absolute Gasteiger partial charge is 0.321 e. The van der Waals surface area contributed by atoms with Crippen molar-refractivity contribution in [2.75, 3.05) is 0 Å². The van der Waals surface area contributed by atoms with Gasteiger partial charge in [-0.15, -0.1) is 0 Å². The van der Waals surface area contributed by atoms with Gasteiger partial charge in [0.25, 0.3) is 0 Å². The average Bonchev–Trinajstić information content (AvgIpc) is 3.05. The second-order valence-corrected chi connectivity index (χ2v) is 10.7. The maximum absolute atomic E-state index is 11.5. The summed E-state index contributed by atoms with van der Waals surface area (Å²) in [5, 5.41) is 2.36. The molecule has 1 heterocycles. The average molecular weight is 557 g/mol. The zero-order valence-corrected chi connectivity index (χ0v) is 20.1. The van der Waals surface area contributed by atoms with Crippen LogP contribution >= 0.6 is 39.5 Å². The lowest BCUT2D eigenvalue weighted by atomic mass is 10.1. The van der Waals surface area contributed by atoms with Crippen molar-refractivity contribution in [2.24, 2.45) is 0 Å². The molecule has 1 aromatic heterocycles. The van der Waals surface area contributed by atoms with Gasteiger partial charge in [0.15, 0.2) is 0 Å². The van der Waals surface area contributed by atoms with E-state index >= 15 is 0 Å². The maximum Gasteiger partial charge on any atom is 0.356 e. The first-order valence-corrected chi connectivity index (χ1v) is 12.7. The molecule has 0 radical (unpaired) electrons. The van der Waals surface area contributed by atoms with Crippen LogP contribution in [0.15, 0.2) is 93.9 Å². The fourth-order valence-electron chi connectivity index (χ4n) is 3.92. The molecular formula is C24H16Br2NO3P. The van der Waals surface area contributed by atoms with Gasteiger partial charge in [0, 0.05) is 25.4 Å². The Morgan fingerprint density at radius 1 is 0.677 bits per heavy atom. The summed E-state index contributed by atoms with van der Waals surface area (Å²) in [6, 6.07) is 27.2. The molecule has 0 aliphatic heterocycles. The number of nitrogens with zero attached hydrogens (tertiary/aromatic N) is 1. The van der Waals surface area contributed by atoms with Gasteiger partial charge in [-0.25, -0.2) is 0 Å². The van der Waals surface area contributed by atoms with E-state index in [1.807, 2.05) is 24.3 Å². The summed E-state index contributed by atoms with van der Waals surface area (Å²) in [6.07, 6.45) is 0. The van der Waals surface area contributed by atoms with Crippen LogP contribution in [0.2, 0.25) is 0 Å². The molecule has 0 aliphatic rings. The van der Waals surface area contributed by atoms with Crippen molar-refractivity contribution < 1.29 is 14.4 Å². The molecule has 4 aromatic carbocycles. The highest BCUT2D eigenvalue weighted by molar-refractivity contribution is 9.10. The highest BCUT2D eigenvalue weighted by atomic mass is 79.9. The Labute approximate surface area is 195 Å². The molecule has 0 saturated carbocycles. The summed E-state index contributed by atoms with van der Waals surface area (Å²) < 4.78 is 15.7. The van der Waals surface area contributed by atoms with Crippen LogP contribution in [0.1, 0.15) is 0 Å². The van der Waals surface area contributed by atoms with Gasteiger partial charge in [0.2, 0.25) is 0 Å². The van der Waals surface area contributed by atoms with Crippen molar-refractivity contribution in [2.45, 2.75) is 0 Å². The number of hydrogen-bond donors (Lipinski definition) is 2. The van der Waals surface area contributed by atoms with E-state index in [0.717, 1.165) is 36.8 Å². The van der Waals surface area contributed by atoms with Crippen LogP contribution < -0.4 is 5.30 Å². The largest absolute Gasteiger partial charge is 0.356 e. The Balaban J connectivity index is 1.72. The van der Waals surface area contributed by atoms with Crippen LogP contribution in [0.3, 0.4) is 0 Å². The Hall–Kier alpha value is -2.21. The summed E-state index contributed by atoms with van der Waals surface area (Å²) in [6.45, 7) is 0. The van der Waals surface area contributed by atoms with Crippen LogP contribution in [0.4, 0.5) is 0 Å². The molecule has 0 fully saturated rings. The molecule has 0 unspecified atom stereocenters. The predicted molar refractivity (Wildman–Crippen MR) is 133 cm³/mol. The van der Waals surface area contributed by atoms with Crippen molar-refractivity contribution in [1.29, 1.82) is 0 Å². The summed E-state index contributed by atoms with van der Waals surface area (Å²) in [7, 11) is -4.26. The molecular weight excluding hydrogens is 541 g/mol. The first kappa shape index (κ1) is 20.7. The van der Waals surface area contributed by atoms with Crippen molar-refractivity contribution >= 4 is 66.6 Å². The fourth-order valence-corrected chi connectivity index (χ4v) is 5.15. The molecule has 0 bridgehead atoms. The molecule has 5 rings (SSSR count). The minimum absolute atomic E-state index is 0.0181. The van der Waals surface area contributed by atoms with Crippen LogP contribution in [-0.4, -0.2) is 14.4 Å². The first-order chi connectivity index (χ1) is 14.8. The summed E-state index contributed by atoms with van der Waals surface area (Å²) in [5.74, 6) is 0. The summed E-state index contributed by atoms with van der Waals surface area (Å²) in [4.78, 5) is 18.7. The third-order valence-corrected chi connectivity index (χ3v) is 7.29. The van der Waals surface area contributed by atoms with E-state index in [2.05, 4.69) is 72.8 Å². The molecule has 31 heavy (non-hydrogen) atoms. The van der Waals surface area contributed by atoms with Gasteiger partial charge in [0.05, 0.1) is 16.3 Å². The molecule has 7 heteroatoms. The van der Waals surface area contributed by atoms with Gasteiger partial charge in [-0.1, -0.05) is 68.3 Å². The second kappa shape index (κ2) is 7.73. The lowest BCUT2D eigenvalue weighted by molar-refractivity contribution is 0.387. The normalized spacial score (nSPS) is 12.0. The molecule has 0 atom stereocenters. The van der Waals surface area contributed by atoms with Crippen molar-refractivity contribution in [3.05, 3.63) is 93.9 Å². The molecule has 0 amide bonds. The molecule has 4 nitrogen and oxygen atoms in total. The van der Waals surface area contributed by atoms with E-state index < -0.39 is 7.60 Å². The van der Waals surface area contributed by atoms with Crippen molar-refractivity contribution in [1.82, 2.24) is 4.57 Å². The van der Waals surface area contributed by atoms with Gasteiger partial charge in [0.1, 0.15) is 0 Å². The number of rotatable bonds is 3. The Morgan fingerprint density at radius 3 is 1.81 bits per heavy atom. The lowest BCUT2D eigenvalue weighted by Crippen LogP contribution is -2.02. The van der Waals surface area contributed by atoms with E-state index in [9.17, 15) is 14.4 Å². The molecule has 154 valence electrons. The van der Waals surface area contributed by atoms with E-state index in [1.165, 1.54) is 22.9 Å². The monoisotopic (exact) mass is 555 g/mol. The Morgan fingerprint density at radius 2 is 1.26 bits per heavy atom. The number of halogens is 2. The van der Waals surface area contributed by atoms with Crippen LogP contribution in [0, 0.1) is 0 Å². The standard InChI is InChI=1S/C24H16Br2NO3P/c25-17-6-10-21-22-11-7-18(26)14-24(22)27(23(21)13-17)19-3-1-2-16(12-19)15-4-8-20(9-5-15)31(28,29)30/h1-14H,(H2,28,29,30). The van der Waals surface area contributed by atoms with Crippen LogP contribution in [-0.2, 0) is 4.57 Å². The molecule has 2 N–H and O–H groups in total. The molecule has 0 spiro atoms. The molecule has 0 saturated heterocycles. The highest BCUT2D eigenvalue weighted by Crippen LogP contribution is 2.37. The summed E-state index contributed by atoms with van der Waals surface area (Å²) in [5.41, 5.74) is 5.05. The number of hydrogen-bond acceptors (Lipinski definition) is 1. The van der Waals surface area contributed by atoms with Crippen LogP contribution in [0.5, 0.6) is 0 Å². The van der Waals surface area contributed by atoms with Gasteiger partial charge in [-0.2, -0.15) is 0 Å². The number of fused-ring (bicyclic) bond motifs is 3. The molecule has 5 aromatic rings. The minimum Gasteiger partial charge on any atom is -0.321 e. The third-order valence-electron chi connectivity index (χ3n) is 5.33. The van der Waals surface area contributed by atoms with Crippen molar-refractivity contribution in [3.8, 4) is 16.8 Å². The third kappa shape index (κ3) is 3.79. The zero-order valence-electron chi connectivity index (χ0n) is 16.0. The molecule has 0 aliphatic carbocycles. The number of benzene rings is 4. The Kier molecular flexibility index (Phi) is 5.16. The van der Waals surface area contributed by atoms with Gasteiger partial charge in [-0.3, -0.25) is 4.57 Å². The van der Waals surface area contributed by atoms with E-state index in [0.29, 0.717) is 0 Å². The van der Waals surface area contributed by atoms with Crippen molar-refractivity contribution in [3.63, 3.8) is 0 Å². The number of aromatic nitrogens is 1. The summed E-state index contributed by atoms with van der Waals surface area (Å²) >= 11 is 7.20. The van der Waals surface area contributed by atoms with Crippen LogP contribution in [0.25, 0.3) is 38.6 Å². The van der Waals surface area contributed by atoms with E-state index in [-0.39, 0.29) is 5.30 Å². The second-order valence-electron chi connectivity index (χ2n) is 7.30. The lowest BCUT2D eigenvalue weighted by Gasteiger charge is -2.11. The van der Waals surface area contributed by atoms with E-state index in [4.69, 9.17) is 0 Å². The highest BCUT2D eigenvalue weighted by Gasteiger charge is 2.17. The van der Waals surface area contributed by atoms with E-state index in [1.54, 1.807) is 12.1 Å². The zero-order chi connectivity index (χ0) is 21.8. The quantitative estimate of drug-likeness (QED) is 0.241. The Bertz CT molecular complexity index is 1440. The topological polar surface area (TPSA) is 62.5 Å².